The molecule has 1 saturated heterocycles. The average Bonchev–Trinajstić information content (AvgIpc) is 2.74. The Labute approximate surface area is 97.3 Å². The summed E-state index contributed by atoms with van der Waals surface area (Å²) in [5.74, 6) is 0.270. The van der Waals surface area contributed by atoms with Crippen molar-refractivity contribution in [3.8, 4) is 0 Å². The van der Waals surface area contributed by atoms with Crippen molar-refractivity contribution < 1.29 is 13.5 Å². The monoisotopic (exact) mass is 247 g/mol. The number of aliphatic hydroxyl groups is 1. The Hall–Kier alpha value is -0.130. The maximum absolute atomic E-state index is 11.3. The first kappa shape index (κ1) is 12.3. The number of hydrogen-bond donors (Lipinski definition) is 2. The molecule has 2 aliphatic rings. The van der Waals surface area contributed by atoms with E-state index < -0.39 is 15.4 Å². The molecule has 0 amide bonds. The Morgan fingerprint density at radius 2 is 1.75 bits per heavy atom. The zero-order valence-corrected chi connectivity index (χ0v) is 10.4. The van der Waals surface area contributed by atoms with Crippen molar-refractivity contribution in [2.24, 2.45) is 0 Å². The maximum atomic E-state index is 11.3. The Morgan fingerprint density at radius 3 is 2.31 bits per heavy atom. The van der Waals surface area contributed by atoms with Gasteiger partial charge in [0, 0.05) is 12.6 Å². The molecule has 2 fully saturated rings. The second-order valence-corrected chi connectivity index (χ2v) is 7.54. The summed E-state index contributed by atoms with van der Waals surface area (Å²) in [5.41, 5.74) is -0.798. The van der Waals surface area contributed by atoms with Gasteiger partial charge in [0.25, 0.3) is 0 Å². The first-order valence-electron chi connectivity index (χ1n) is 6.15. The number of rotatable bonds is 3. The summed E-state index contributed by atoms with van der Waals surface area (Å²) in [5, 5.41) is 13.6. The summed E-state index contributed by atoms with van der Waals surface area (Å²) >= 11 is 0. The van der Waals surface area contributed by atoms with Gasteiger partial charge < -0.3 is 10.4 Å². The summed E-state index contributed by atoms with van der Waals surface area (Å²) in [7, 11) is -2.88. The summed E-state index contributed by atoms with van der Waals surface area (Å²) < 4.78 is 22.5. The number of sulfone groups is 1. The van der Waals surface area contributed by atoms with Gasteiger partial charge in [0.2, 0.25) is 0 Å². The molecule has 1 saturated carbocycles. The van der Waals surface area contributed by atoms with Gasteiger partial charge in [0.05, 0.1) is 17.1 Å². The molecule has 0 aromatic heterocycles. The quantitative estimate of drug-likeness (QED) is 0.760. The van der Waals surface area contributed by atoms with Crippen LogP contribution >= 0.6 is 0 Å². The van der Waals surface area contributed by atoms with Crippen LogP contribution in [0.15, 0.2) is 0 Å². The second kappa shape index (κ2) is 4.63. The normalized spacial score (nSPS) is 29.3. The van der Waals surface area contributed by atoms with E-state index in [0.717, 1.165) is 0 Å². The van der Waals surface area contributed by atoms with Gasteiger partial charge in [-0.2, -0.15) is 0 Å². The van der Waals surface area contributed by atoms with E-state index in [2.05, 4.69) is 5.32 Å². The Kier molecular flexibility index (Phi) is 3.56. The zero-order valence-electron chi connectivity index (χ0n) is 9.61. The molecule has 1 heterocycles. The first-order chi connectivity index (χ1) is 7.49. The summed E-state index contributed by atoms with van der Waals surface area (Å²) in [6, 6.07) is 0.530. The van der Waals surface area contributed by atoms with Crippen LogP contribution in [0.5, 0.6) is 0 Å². The van der Waals surface area contributed by atoms with E-state index >= 15 is 0 Å². The highest BCUT2D eigenvalue weighted by Crippen LogP contribution is 2.24. The van der Waals surface area contributed by atoms with Crippen molar-refractivity contribution in [2.45, 2.75) is 50.2 Å². The number of nitrogens with one attached hydrogen (secondary N) is 1. The van der Waals surface area contributed by atoms with Crippen LogP contribution in [-0.4, -0.2) is 43.2 Å². The molecule has 1 aliphatic heterocycles. The molecule has 0 atom stereocenters. The molecule has 2 rings (SSSR count). The largest absolute Gasteiger partial charge is 0.388 e. The maximum Gasteiger partial charge on any atom is 0.150 e. The highest BCUT2D eigenvalue weighted by atomic mass is 32.2. The van der Waals surface area contributed by atoms with Crippen LogP contribution in [0, 0.1) is 0 Å². The van der Waals surface area contributed by atoms with Crippen LogP contribution in [0.2, 0.25) is 0 Å². The fraction of sp³-hybridized carbons (Fsp3) is 1.00. The van der Waals surface area contributed by atoms with Crippen molar-refractivity contribution in [1.29, 1.82) is 0 Å². The Bertz CT molecular complexity index is 319. The van der Waals surface area contributed by atoms with Crippen LogP contribution in [0.4, 0.5) is 0 Å². The third-order valence-corrected chi connectivity index (χ3v) is 5.48. The van der Waals surface area contributed by atoms with E-state index in [9.17, 15) is 13.5 Å². The van der Waals surface area contributed by atoms with Crippen LogP contribution in [0.1, 0.15) is 38.5 Å². The topological polar surface area (TPSA) is 66.4 Å². The van der Waals surface area contributed by atoms with Crippen LogP contribution < -0.4 is 5.32 Å². The third kappa shape index (κ3) is 3.18. The fourth-order valence-electron chi connectivity index (χ4n) is 2.56. The predicted molar refractivity (Wildman–Crippen MR) is 63.1 cm³/mol. The minimum absolute atomic E-state index is 0.135. The van der Waals surface area contributed by atoms with Crippen molar-refractivity contribution in [1.82, 2.24) is 5.32 Å². The predicted octanol–water partition coefficient (Wildman–Crippen LogP) is 0.458. The van der Waals surface area contributed by atoms with Gasteiger partial charge in [-0.1, -0.05) is 12.8 Å². The van der Waals surface area contributed by atoms with E-state index in [0.29, 0.717) is 25.4 Å². The van der Waals surface area contributed by atoms with Gasteiger partial charge >= 0.3 is 0 Å². The molecular formula is C11H21NO3S. The smallest absolute Gasteiger partial charge is 0.150 e. The molecule has 0 bridgehead atoms. The lowest BCUT2D eigenvalue weighted by molar-refractivity contribution is 0.0281. The van der Waals surface area contributed by atoms with E-state index in [-0.39, 0.29) is 11.5 Å². The molecule has 0 radical (unpaired) electrons. The van der Waals surface area contributed by atoms with Crippen LogP contribution in [-0.2, 0) is 9.84 Å². The van der Waals surface area contributed by atoms with Crippen LogP contribution in [0.3, 0.4) is 0 Å². The van der Waals surface area contributed by atoms with Gasteiger partial charge in [-0.3, -0.25) is 0 Å². The van der Waals surface area contributed by atoms with E-state index in [1.54, 1.807) is 0 Å². The molecule has 94 valence electrons. The first-order valence-corrected chi connectivity index (χ1v) is 7.98. The Balaban J connectivity index is 1.80. The Morgan fingerprint density at radius 1 is 1.19 bits per heavy atom. The van der Waals surface area contributed by atoms with Crippen molar-refractivity contribution in [3.63, 3.8) is 0 Å². The molecule has 16 heavy (non-hydrogen) atoms. The highest BCUT2D eigenvalue weighted by molar-refractivity contribution is 7.91. The second-order valence-electron chi connectivity index (χ2n) is 5.24. The summed E-state index contributed by atoms with van der Waals surface area (Å²) in [4.78, 5) is 0. The zero-order chi connectivity index (χ0) is 11.6. The van der Waals surface area contributed by atoms with E-state index in [4.69, 9.17) is 0 Å². The summed E-state index contributed by atoms with van der Waals surface area (Å²) in [6.07, 6.45) is 5.68. The summed E-state index contributed by atoms with van der Waals surface area (Å²) in [6.45, 7) is 0.549. The van der Waals surface area contributed by atoms with Gasteiger partial charge in [-0.15, -0.1) is 0 Å². The van der Waals surface area contributed by atoms with Gasteiger partial charge in [0.1, 0.15) is 0 Å². The SMILES string of the molecule is O=S1(=O)CCC(O)(CNC2CCCC2)CC1. The molecule has 0 unspecified atom stereocenters. The van der Waals surface area contributed by atoms with Crippen molar-refractivity contribution in [3.05, 3.63) is 0 Å². The molecule has 1 aliphatic carbocycles. The lowest BCUT2D eigenvalue weighted by Crippen LogP contribution is -2.48. The minimum Gasteiger partial charge on any atom is -0.388 e. The molecule has 0 aromatic carbocycles. The minimum atomic E-state index is -2.88. The molecule has 2 N–H and O–H groups in total. The van der Waals surface area contributed by atoms with Gasteiger partial charge in [-0.25, -0.2) is 8.42 Å². The van der Waals surface area contributed by atoms with Gasteiger partial charge in [-0.05, 0) is 25.7 Å². The third-order valence-electron chi connectivity index (χ3n) is 3.83. The molecular weight excluding hydrogens is 226 g/mol. The van der Waals surface area contributed by atoms with Gasteiger partial charge in [0.15, 0.2) is 9.84 Å². The lowest BCUT2D eigenvalue weighted by Gasteiger charge is -2.33. The van der Waals surface area contributed by atoms with E-state index in [1.807, 2.05) is 0 Å². The lowest BCUT2D eigenvalue weighted by atomic mass is 9.96. The van der Waals surface area contributed by atoms with Crippen molar-refractivity contribution >= 4 is 9.84 Å². The molecule has 4 nitrogen and oxygen atoms in total. The number of hydrogen-bond acceptors (Lipinski definition) is 4. The van der Waals surface area contributed by atoms with Crippen molar-refractivity contribution in [2.75, 3.05) is 18.1 Å². The molecule has 0 aromatic rings. The molecule has 5 heteroatoms. The standard InChI is InChI=1S/C11H21NO3S/c13-11(5-7-16(14,15)8-6-11)9-12-10-3-1-2-4-10/h10,12-13H,1-9H2. The molecule has 0 spiro atoms. The highest BCUT2D eigenvalue weighted by Gasteiger charge is 2.35. The van der Waals surface area contributed by atoms with Crippen LogP contribution in [0.25, 0.3) is 0 Å². The fourth-order valence-corrected chi connectivity index (χ4v) is 4.15. The van der Waals surface area contributed by atoms with E-state index in [1.165, 1.54) is 25.7 Å². The average molecular weight is 247 g/mol.